The highest BCUT2D eigenvalue weighted by Gasteiger charge is 2.59. The van der Waals surface area contributed by atoms with Gasteiger partial charge in [0.25, 0.3) is 0 Å². The van der Waals surface area contributed by atoms with E-state index in [1.807, 2.05) is 47.1 Å². The lowest BCUT2D eigenvalue weighted by atomic mass is 9.53. The highest BCUT2D eigenvalue weighted by Crippen LogP contribution is 2.68. The Morgan fingerprint density at radius 3 is 2.12 bits per heavy atom. The standard InChI is InChI=1S/C26H44.3C2H6/c1-18(2)8-6-7-9-20-10-11-23-22-17-21-16-19(3)12-14-26(21,5)24(22)13-15-25(20,23)4;3*1-2/h17-20,22-24H,6-16H2,1-5H3;3*1-2H3. The lowest BCUT2D eigenvalue weighted by Gasteiger charge is -2.51. The largest absolute Gasteiger partial charge is 0.0810 e. The van der Waals surface area contributed by atoms with E-state index in [0.717, 1.165) is 35.5 Å². The molecule has 0 amide bonds. The summed E-state index contributed by atoms with van der Waals surface area (Å²) in [5.74, 6) is 5.75. The second kappa shape index (κ2) is 13.6. The molecule has 7 unspecified atom stereocenters. The number of rotatable bonds is 5. The van der Waals surface area contributed by atoms with Crippen LogP contribution in [-0.2, 0) is 0 Å². The highest BCUT2D eigenvalue weighted by atomic mass is 14.6. The molecule has 0 aromatic heterocycles. The molecule has 0 N–H and O–H groups in total. The molecule has 0 heteroatoms. The van der Waals surface area contributed by atoms with E-state index in [2.05, 4.69) is 40.7 Å². The third-order valence-electron chi connectivity index (χ3n) is 9.78. The number of hydrogen-bond donors (Lipinski definition) is 0. The van der Waals surface area contributed by atoms with Crippen molar-refractivity contribution in [1.29, 1.82) is 0 Å². The maximum absolute atomic E-state index is 2.85. The van der Waals surface area contributed by atoms with Gasteiger partial charge in [-0.1, -0.05) is 107 Å². The van der Waals surface area contributed by atoms with Crippen LogP contribution in [0, 0.1) is 46.3 Å². The third kappa shape index (κ3) is 6.05. The fourth-order valence-corrected chi connectivity index (χ4v) is 8.03. The maximum Gasteiger partial charge on any atom is -0.00821 e. The summed E-state index contributed by atoms with van der Waals surface area (Å²) in [5, 5.41) is 0. The zero-order valence-electron chi connectivity index (χ0n) is 24.3. The lowest BCUT2D eigenvalue weighted by Crippen LogP contribution is -2.44. The molecule has 0 saturated heterocycles. The molecule has 7 atom stereocenters. The van der Waals surface area contributed by atoms with Crippen molar-refractivity contribution in [2.75, 3.05) is 0 Å². The van der Waals surface area contributed by atoms with Gasteiger partial charge in [0.15, 0.2) is 0 Å². The fourth-order valence-electron chi connectivity index (χ4n) is 8.03. The Bertz CT molecular complexity index is 542. The number of allylic oxidation sites excluding steroid dienone is 2. The van der Waals surface area contributed by atoms with E-state index in [-0.39, 0.29) is 0 Å². The van der Waals surface area contributed by atoms with Crippen molar-refractivity contribution in [1.82, 2.24) is 0 Å². The molecule has 0 bridgehead atoms. The summed E-state index contributed by atoms with van der Waals surface area (Å²) in [6.07, 6.45) is 19.2. The molecule has 0 nitrogen and oxygen atoms in total. The molecule has 3 saturated carbocycles. The van der Waals surface area contributed by atoms with Crippen LogP contribution < -0.4 is 0 Å². The molecular formula is C32H62. The second-order valence-electron chi connectivity index (χ2n) is 11.7. The molecule has 0 radical (unpaired) electrons. The van der Waals surface area contributed by atoms with Crippen molar-refractivity contribution < 1.29 is 0 Å². The topological polar surface area (TPSA) is 0 Å². The molecule has 4 aliphatic carbocycles. The molecular weight excluding hydrogens is 384 g/mol. The van der Waals surface area contributed by atoms with Gasteiger partial charge in [0.1, 0.15) is 0 Å². The van der Waals surface area contributed by atoms with Crippen molar-refractivity contribution in [3.63, 3.8) is 0 Å². The SMILES string of the molecule is CC.CC.CC.CC(C)CCCCC1CCC2C3C=C4CC(C)CCC4(C)C3CCC12C. The summed E-state index contributed by atoms with van der Waals surface area (Å²) in [6.45, 7) is 24.6. The van der Waals surface area contributed by atoms with Crippen molar-refractivity contribution in [2.45, 2.75) is 147 Å². The molecule has 0 spiro atoms. The predicted octanol–water partition coefficient (Wildman–Crippen LogP) is 11.1. The quantitative estimate of drug-likeness (QED) is 0.291. The summed E-state index contributed by atoms with van der Waals surface area (Å²) < 4.78 is 0. The number of fused-ring (bicyclic) bond motifs is 5. The Balaban J connectivity index is 0.000000789. The van der Waals surface area contributed by atoms with E-state index < -0.39 is 0 Å². The molecule has 190 valence electrons. The van der Waals surface area contributed by atoms with E-state index in [4.69, 9.17) is 0 Å². The van der Waals surface area contributed by atoms with Gasteiger partial charge in [0.2, 0.25) is 0 Å². The zero-order chi connectivity index (χ0) is 24.5. The molecule has 4 aliphatic rings. The van der Waals surface area contributed by atoms with Crippen LogP contribution in [-0.4, -0.2) is 0 Å². The third-order valence-corrected chi connectivity index (χ3v) is 9.78. The minimum atomic E-state index is 0.577. The summed E-state index contributed by atoms with van der Waals surface area (Å²) in [6, 6.07) is 0. The van der Waals surface area contributed by atoms with Gasteiger partial charge in [-0.3, -0.25) is 0 Å². The Morgan fingerprint density at radius 2 is 1.50 bits per heavy atom. The van der Waals surface area contributed by atoms with Gasteiger partial charge in [-0.25, -0.2) is 0 Å². The average Bonchev–Trinajstić information content (AvgIpc) is 3.29. The monoisotopic (exact) mass is 446 g/mol. The van der Waals surface area contributed by atoms with Gasteiger partial charge in [-0.15, -0.1) is 0 Å². The summed E-state index contributed by atoms with van der Waals surface area (Å²) in [7, 11) is 0. The van der Waals surface area contributed by atoms with Crippen LogP contribution in [0.25, 0.3) is 0 Å². The van der Waals surface area contributed by atoms with Crippen LogP contribution in [0.1, 0.15) is 147 Å². The molecule has 0 aromatic rings. The minimum Gasteiger partial charge on any atom is -0.0810 e. The van der Waals surface area contributed by atoms with Crippen LogP contribution >= 0.6 is 0 Å². The van der Waals surface area contributed by atoms with Gasteiger partial charge in [-0.2, -0.15) is 0 Å². The van der Waals surface area contributed by atoms with E-state index in [1.54, 1.807) is 0 Å². The van der Waals surface area contributed by atoms with Crippen LogP contribution in [0.5, 0.6) is 0 Å². The smallest absolute Gasteiger partial charge is 0.00821 e. The lowest BCUT2D eigenvalue weighted by molar-refractivity contribution is -0.00372. The first-order valence-corrected chi connectivity index (χ1v) is 15.1. The normalized spacial score (nSPS) is 39.1. The average molecular weight is 447 g/mol. The van der Waals surface area contributed by atoms with Crippen LogP contribution in [0.4, 0.5) is 0 Å². The van der Waals surface area contributed by atoms with E-state index in [1.165, 1.54) is 70.6 Å². The first-order chi connectivity index (χ1) is 15.3. The Labute approximate surface area is 204 Å². The Morgan fingerprint density at radius 1 is 0.844 bits per heavy atom. The van der Waals surface area contributed by atoms with Gasteiger partial charge < -0.3 is 0 Å². The molecule has 0 aromatic carbocycles. The maximum atomic E-state index is 2.85. The molecule has 4 rings (SSSR count). The number of unbranched alkanes of at least 4 members (excludes halogenated alkanes) is 1. The second-order valence-corrected chi connectivity index (χ2v) is 11.7. The molecule has 32 heavy (non-hydrogen) atoms. The number of hydrogen-bond acceptors (Lipinski definition) is 0. The summed E-state index contributed by atoms with van der Waals surface area (Å²) >= 11 is 0. The van der Waals surface area contributed by atoms with Crippen LogP contribution in [0.3, 0.4) is 0 Å². The van der Waals surface area contributed by atoms with Crippen molar-refractivity contribution >= 4 is 0 Å². The summed E-state index contributed by atoms with van der Waals surface area (Å²) in [5.41, 5.74) is 3.12. The highest BCUT2D eigenvalue weighted by molar-refractivity contribution is 5.29. The van der Waals surface area contributed by atoms with E-state index >= 15 is 0 Å². The van der Waals surface area contributed by atoms with Gasteiger partial charge in [-0.05, 0) is 97.7 Å². The van der Waals surface area contributed by atoms with Crippen molar-refractivity contribution in [2.24, 2.45) is 46.3 Å². The van der Waals surface area contributed by atoms with Gasteiger partial charge >= 0.3 is 0 Å². The van der Waals surface area contributed by atoms with E-state index in [0.29, 0.717) is 10.8 Å². The Kier molecular flexibility index (Phi) is 12.6. The van der Waals surface area contributed by atoms with Crippen molar-refractivity contribution in [3.8, 4) is 0 Å². The van der Waals surface area contributed by atoms with Crippen molar-refractivity contribution in [3.05, 3.63) is 11.6 Å². The van der Waals surface area contributed by atoms with Crippen LogP contribution in [0.15, 0.2) is 11.6 Å². The first-order valence-electron chi connectivity index (χ1n) is 15.1. The minimum absolute atomic E-state index is 0.577. The fraction of sp³-hybridized carbons (Fsp3) is 0.938. The molecule has 0 aliphatic heterocycles. The first kappa shape index (κ1) is 29.8. The molecule has 3 fully saturated rings. The summed E-state index contributed by atoms with van der Waals surface area (Å²) in [4.78, 5) is 0. The predicted molar refractivity (Wildman–Crippen MR) is 147 cm³/mol. The van der Waals surface area contributed by atoms with E-state index in [9.17, 15) is 0 Å². The molecule has 0 heterocycles. The van der Waals surface area contributed by atoms with Gasteiger partial charge in [0, 0.05) is 0 Å². The Hall–Kier alpha value is -0.260. The van der Waals surface area contributed by atoms with Crippen LogP contribution in [0.2, 0.25) is 0 Å². The zero-order valence-corrected chi connectivity index (χ0v) is 24.3. The van der Waals surface area contributed by atoms with Gasteiger partial charge in [0.05, 0.1) is 0 Å².